The highest BCUT2D eigenvalue weighted by atomic mass is 35.5. The molecule has 1 unspecified atom stereocenters. The molecule has 0 bridgehead atoms. The van der Waals surface area contributed by atoms with E-state index in [-0.39, 0.29) is 18.5 Å². The second-order valence-electron chi connectivity index (χ2n) is 4.65. The Morgan fingerprint density at radius 2 is 2.20 bits per heavy atom. The summed E-state index contributed by atoms with van der Waals surface area (Å²) in [7, 11) is 0. The molecule has 2 aromatic rings. The van der Waals surface area contributed by atoms with Gasteiger partial charge >= 0.3 is 0 Å². The summed E-state index contributed by atoms with van der Waals surface area (Å²) in [6, 6.07) is 1.77. The molecule has 1 amide bonds. The average Bonchev–Trinajstić information content (AvgIpc) is 2.97. The summed E-state index contributed by atoms with van der Waals surface area (Å²) in [6.45, 7) is 6.68. The molecule has 2 rings (SSSR count). The SMILES string of the molecule is CCn1ccc(C(C)NC(=O)Cn2cc(Cl)c(C)n2)n1. The normalized spacial score (nSPS) is 12.4. The van der Waals surface area contributed by atoms with E-state index in [0.29, 0.717) is 10.7 Å². The van der Waals surface area contributed by atoms with Crippen molar-refractivity contribution in [3.05, 3.63) is 34.9 Å². The first-order chi connectivity index (χ1) is 9.49. The van der Waals surface area contributed by atoms with E-state index in [2.05, 4.69) is 15.5 Å². The maximum Gasteiger partial charge on any atom is 0.242 e. The van der Waals surface area contributed by atoms with Crippen molar-refractivity contribution < 1.29 is 4.79 Å². The van der Waals surface area contributed by atoms with Gasteiger partial charge in [-0.3, -0.25) is 14.2 Å². The predicted molar refractivity (Wildman–Crippen MR) is 76.4 cm³/mol. The number of carbonyl (C=O) groups is 1. The molecule has 0 radical (unpaired) electrons. The second kappa shape index (κ2) is 6.09. The fourth-order valence-corrected chi connectivity index (χ4v) is 2.02. The van der Waals surface area contributed by atoms with Crippen LogP contribution in [0.4, 0.5) is 0 Å². The van der Waals surface area contributed by atoms with Gasteiger partial charge in [-0.15, -0.1) is 0 Å². The molecule has 0 saturated carbocycles. The van der Waals surface area contributed by atoms with Crippen molar-refractivity contribution in [3.63, 3.8) is 0 Å². The first-order valence-electron chi connectivity index (χ1n) is 6.52. The van der Waals surface area contributed by atoms with E-state index in [4.69, 9.17) is 11.6 Å². The highest BCUT2D eigenvalue weighted by molar-refractivity contribution is 6.31. The van der Waals surface area contributed by atoms with Crippen LogP contribution < -0.4 is 5.32 Å². The van der Waals surface area contributed by atoms with Crippen molar-refractivity contribution in [2.24, 2.45) is 0 Å². The van der Waals surface area contributed by atoms with Crippen LogP contribution in [0.1, 0.15) is 31.3 Å². The van der Waals surface area contributed by atoms with Crippen LogP contribution in [-0.4, -0.2) is 25.5 Å². The quantitative estimate of drug-likeness (QED) is 0.917. The third-order valence-electron chi connectivity index (χ3n) is 3.00. The number of amides is 1. The molecule has 0 aromatic carbocycles. The summed E-state index contributed by atoms with van der Waals surface area (Å²) >= 11 is 5.91. The Kier molecular flexibility index (Phi) is 4.44. The van der Waals surface area contributed by atoms with Gasteiger partial charge < -0.3 is 5.32 Å². The molecule has 0 aliphatic carbocycles. The first kappa shape index (κ1) is 14.6. The topological polar surface area (TPSA) is 64.7 Å². The Morgan fingerprint density at radius 1 is 1.45 bits per heavy atom. The fraction of sp³-hybridized carbons (Fsp3) is 0.462. The molecule has 0 spiro atoms. The molecular formula is C13H18ClN5O. The van der Waals surface area contributed by atoms with Crippen molar-refractivity contribution in [1.29, 1.82) is 0 Å². The summed E-state index contributed by atoms with van der Waals surface area (Å²) in [5, 5.41) is 12.0. The van der Waals surface area contributed by atoms with Crippen LogP contribution in [0, 0.1) is 6.92 Å². The molecule has 2 aromatic heterocycles. The summed E-state index contributed by atoms with van der Waals surface area (Å²) in [6.07, 6.45) is 3.54. The molecule has 108 valence electrons. The third kappa shape index (κ3) is 3.39. The highest BCUT2D eigenvalue weighted by Gasteiger charge is 2.13. The number of aromatic nitrogens is 4. The van der Waals surface area contributed by atoms with E-state index < -0.39 is 0 Å². The number of aryl methyl sites for hydroxylation is 2. The summed E-state index contributed by atoms with van der Waals surface area (Å²) in [5.41, 5.74) is 1.56. The van der Waals surface area contributed by atoms with Gasteiger partial charge in [-0.2, -0.15) is 10.2 Å². The lowest BCUT2D eigenvalue weighted by molar-refractivity contribution is -0.122. The summed E-state index contributed by atoms with van der Waals surface area (Å²) < 4.78 is 3.36. The predicted octanol–water partition coefficient (Wildman–Crippen LogP) is 1.94. The van der Waals surface area contributed by atoms with Gasteiger partial charge in [0.25, 0.3) is 0 Å². The Hall–Kier alpha value is -1.82. The Bertz CT molecular complexity index is 584. The van der Waals surface area contributed by atoms with Crippen molar-refractivity contribution in [2.45, 2.75) is 39.9 Å². The summed E-state index contributed by atoms with van der Waals surface area (Å²) in [4.78, 5) is 11.9. The van der Waals surface area contributed by atoms with E-state index in [9.17, 15) is 4.79 Å². The molecule has 2 heterocycles. The van der Waals surface area contributed by atoms with Gasteiger partial charge in [0.2, 0.25) is 5.91 Å². The van der Waals surface area contributed by atoms with Crippen LogP contribution in [0.2, 0.25) is 5.02 Å². The maximum absolute atomic E-state index is 11.9. The Balaban J connectivity index is 1.93. The van der Waals surface area contributed by atoms with E-state index in [1.54, 1.807) is 13.1 Å². The van der Waals surface area contributed by atoms with Crippen molar-refractivity contribution >= 4 is 17.5 Å². The van der Waals surface area contributed by atoms with Crippen molar-refractivity contribution in [1.82, 2.24) is 24.9 Å². The number of rotatable bonds is 5. The maximum atomic E-state index is 11.9. The van der Waals surface area contributed by atoms with E-state index in [1.165, 1.54) is 4.68 Å². The lowest BCUT2D eigenvalue weighted by Crippen LogP contribution is -2.30. The minimum absolute atomic E-state index is 0.122. The fourth-order valence-electron chi connectivity index (χ4n) is 1.87. The Labute approximate surface area is 122 Å². The minimum Gasteiger partial charge on any atom is -0.346 e. The van der Waals surface area contributed by atoms with Crippen LogP contribution in [0.5, 0.6) is 0 Å². The first-order valence-corrected chi connectivity index (χ1v) is 6.89. The van der Waals surface area contributed by atoms with Crippen LogP contribution >= 0.6 is 11.6 Å². The number of carbonyl (C=O) groups excluding carboxylic acids is 1. The number of hydrogen-bond donors (Lipinski definition) is 1. The molecule has 0 aliphatic heterocycles. The van der Waals surface area contributed by atoms with Crippen molar-refractivity contribution in [3.8, 4) is 0 Å². The van der Waals surface area contributed by atoms with Crippen LogP contribution in [0.25, 0.3) is 0 Å². The smallest absolute Gasteiger partial charge is 0.242 e. The largest absolute Gasteiger partial charge is 0.346 e. The van der Waals surface area contributed by atoms with Crippen LogP contribution in [0.3, 0.4) is 0 Å². The Morgan fingerprint density at radius 3 is 2.75 bits per heavy atom. The number of nitrogens with one attached hydrogen (secondary N) is 1. The highest BCUT2D eigenvalue weighted by Crippen LogP contribution is 2.12. The standard InChI is InChI=1S/C13H18ClN5O/c1-4-18-6-5-12(17-18)10(3)15-13(20)8-19-7-11(14)9(2)16-19/h5-7,10H,4,8H2,1-3H3,(H,15,20). The minimum atomic E-state index is -0.137. The lowest BCUT2D eigenvalue weighted by Gasteiger charge is -2.11. The zero-order valence-electron chi connectivity index (χ0n) is 11.8. The monoisotopic (exact) mass is 295 g/mol. The van der Waals surface area contributed by atoms with Gasteiger partial charge in [0.1, 0.15) is 6.54 Å². The summed E-state index contributed by atoms with van der Waals surface area (Å²) in [5.74, 6) is -0.122. The van der Waals surface area contributed by atoms with Crippen molar-refractivity contribution in [2.75, 3.05) is 0 Å². The second-order valence-corrected chi connectivity index (χ2v) is 5.05. The number of hydrogen-bond acceptors (Lipinski definition) is 3. The molecule has 0 saturated heterocycles. The molecule has 7 heteroatoms. The third-order valence-corrected chi connectivity index (χ3v) is 3.37. The van der Waals surface area contributed by atoms with Gasteiger partial charge in [-0.25, -0.2) is 0 Å². The zero-order chi connectivity index (χ0) is 14.7. The van der Waals surface area contributed by atoms with E-state index in [0.717, 1.165) is 12.2 Å². The molecule has 0 aliphatic rings. The van der Waals surface area contributed by atoms with Gasteiger partial charge in [-0.1, -0.05) is 11.6 Å². The van der Waals surface area contributed by atoms with Crippen LogP contribution in [-0.2, 0) is 17.9 Å². The molecule has 1 atom stereocenters. The van der Waals surface area contributed by atoms with E-state index >= 15 is 0 Å². The number of halogens is 1. The van der Waals surface area contributed by atoms with Gasteiger partial charge in [-0.05, 0) is 26.8 Å². The molecule has 20 heavy (non-hydrogen) atoms. The van der Waals surface area contributed by atoms with Gasteiger partial charge in [0, 0.05) is 18.9 Å². The molecule has 6 nitrogen and oxygen atoms in total. The molecular weight excluding hydrogens is 278 g/mol. The zero-order valence-corrected chi connectivity index (χ0v) is 12.6. The molecule has 1 N–H and O–H groups in total. The average molecular weight is 296 g/mol. The van der Waals surface area contributed by atoms with Gasteiger partial charge in [0.15, 0.2) is 0 Å². The van der Waals surface area contributed by atoms with Gasteiger partial charge in [0.05, 0.1) is 22.5 Å². The number of nitrogens with zero attached hydrogens (tertiary/aromatic N) is 4. The van der Waals surface area contributed by atoms with E-state index in [1.807, 2.05) is 30.8 Å². The van der Waals surface area contributed by atoms with Crippen LogP contribution in [0.15, 0.2) is 18.5 Å². The lowest BCUT2D eigenvalue weighted by atomic mass is 10.2. The molecule has 0 fully saturated rings.